The zero-order valence-corrected chi connectivity index (χ0v) is 71.5. The number of imidazole rings is 1. The van der Waals surface area contributed by atoms with Gasteiger partial charge in [0.25, 0.3) is 0 Å². The monoisotopic (exact) mass is 1810 g/mol. The molecule has 0 bridgehead atoms. The molecule has 0 saturated carbocycles. The number of aliphatic hydroxyl groups excluding tert-OH is 4. The standard InChI is InChI=1S/C78H119N23O27/c1-8-38(6)62(101-71(121)48(23-37(4)5)93-73(123)56(33-104)98-66(116)46(19-20-58(80)108)90-72(122)55(32-103)100-75(125)54(31-102)97-64(114)45(79)10-9-21-85-78(82)83)76(126)95-50(25-41-13-17-44(107)18-14-41)70(120)99-57(34-105)74(124)94-52(28-61(111)112)65(115)86-30-60(110)89-51(27-59(81)109)67(117)88-39(7)63(113)91-49(24-40-11-15-43(106)16-12-40)69(119)92-47(22-36(2)3)68(118)96-53(77(127)128)26-42-29-84-35-87-42/h11-18,29,35-39,45-57,62,102-107H,8-10,19-28,30-34,79H2,1-7H3,(H2,80,108)(H2,81,109)(H,84,87)(H,86,115)(H,88,117)(H,89,110)(H,90,122)(H,91,113)(H,92,119)(H,93,123)(H,94,124)(H,95,126)(H,96,118)(H,97,114)(H,98,116)(H,99,120)(H,100,125)(H,101,121)(H,111,112)(H,127,128)(H4,82,83,85)/t38-,39-,45-,46-,47-,48-,49-,50-,51-,52-,53-,54-,55-,56-,57-,62-/m0/s1. The summed E-state index contributed by atoms with van der Waals surface area (Å²) in [6.45, 7) is 5.29. The number of phenolic OH excluding ortho intramolecular Hbond substituents is 2. The number of aromatic nitrogens is 2. The highest BCUT2D eigenvalue weighted by molar-refractivity contribution is 6.02. The number of guanidine groups is 1. The summed E-state index contributed by atoms with van der Waals surface area (Å²) in [5, 5.41) is 125. The molecule has 17 amide bonds. The number of nitrogens with zero attached hydrogens (tertiary/aromatic N) is 1. The predicted octanol–water partition coefficient (Wildman–Crippen LogP) is -10.8. The van der Waals surface area contributed by atoms with Crippen molar-refractivity contribution < 1.29 is 132 Å². The van der Waals surface area contributed by atoms with Crippen LogP contribution in [-0.4, -0.2) is 299 Å². The summed E-state index contributed by atoms with van der Waals surface area (Å²) >= 11 is 0. The Balaban J connectivity index is 1.82. The average Bonchev–Trinajstić information content (AvgIpc) is 0.895. The lowest BCUT2D eigenvalue weighted by Gasteiger charge is -2.30. The van der Waals surface area contributed by atoms with Crippen LogP contribution in [0.5, 0.6) is 11.5 Å². The lowest BCUT2D eigenvalue weighted by Crippen LogP contribution is -2.62. The zero-order valence-electron chi connectivity index (χ0n) is 71.5. The van der Waals surface area contributed by atoms with Crippen LogP contribution < -0.4 is 108 Å². The summed E-state index contributed by atoms with van der Waals surface area (Å²) in [4.78, 5) is 263. The van der Waals surface area contributed by atoms with Crippen LogP contribution in [0.4, 0.5) is 0 Å². The summed E-state index contributed by atoms with van der Waals surface area (Å²) in [6, 6.07) is -15.3. The van der Waals surface area contributed by atoms with E-state index in [-0.39, 0.29) is 80.4 Å². The first-order valence-corrected chi connectivity index (χ1v) is 40.6. The number of aromatic hydroxyl groups is 2. The minimum absolute atomic E-state index is 0.0265. The number of amides is 17. The van der Waals surface area contributed by atoms with Gasteiger partial charge >= 0.3 is 11.9 Å². The van der Waals surface area contributed by atoms with Crippen LogP contribution in [-0.2, 0) is 110 Å². The van der Waals surface area contributed by atoms with Crippen LogP contribution in [0.25, 0.3) is 0 Å². The Kier molecular flexibility index (Phi) is 46.5. The van der Waals surface area contributed by atoms with Gasteiger partial charge in [0.05, 0.1) is 58.2 Å². The largest absolute Gasteiger partial charge is 0.508 e. The maximum absolute atomic E-state index is 14.6. The number of hydrogen-bond donors (Lipinski definition) is 30. The normalized spacial score (nSPS) is 14.8. The Morgan fingerprint density at radius 2 is 0.812 bits per heavy atom. The van der Waals surface area contributed by atoms with Gasteiger partial charge in [-0.3, -0.25) is 91.7 Å². The topological polar surface area (TPSA) is 835 Å². The number of H-pyrrole nitrogens is 1. The Morgan fingerprint density at radius 3 is 1.23 bits per heavy atom. The number of aliphatic carboxylic acids is 2. The third kappa shape index (κ3) is 39.2. The molecule has 0 unspecified atom stereocenters. The summed E-state index contributed by atoms with van der Waals surface area (Å²) in [6.07, 6.45) is -1.52. The van der Waals surface area contributed by atoms with Crippen molar-refractivity contribution in [3.05, 3.63) is 77.9 Å². The first-order valence-electron chi connectivity index (χ1n) is 40.6. The maximum atomic E-state index is 14.6. The Hall–Kier alpha value is -13.8. The van der Waals surface area contributed by atoms with Crippen LogP contribution >= 0.6 is 0 Å². The van der Waals surface area contributed by atoms with Crippen molar-refractivity contribution in [1.29, 1.82) is 5.41 Å². The third-order valence-electron chi connectivity index (χ3n) is 19.2. The van der Waals surface area contributed by atoms with E-state index in [9.17, 15) is 132 Å². The molecule has 0 radical (unpaired) electrons. The van der Waals surface area contributed by atoms with Crippen LogP contribution in [0.3, 0.4) is 0 Å². The molecule has 16 atom stereocenters. The fourth-order valence-corrected chi connectivity index (χ4v) is 12.1. The highest BCUT2D eigenvalue weighted by Gasteiger charge is 2.40. The minimum Gasteiger partial charge on any atom is -0.508 e. The van der Waals surface area contributed by atoms with E-state index < -0.39 is 280 Å². The van der Waals surface area contributed by atoms with Crippen molar-refractivity contribution >= 4 is 118 Å². The van der Waals surface area contributed by atoms with Gasteiger partial charge < -0.3 is 154 Å². The number of nitrogens with one attached hydrogen (secondary N) is 18. The number of aliphatic hydroxyl groups is 4. The molecule has 50 heteroatoms. The molecule has 0 saturated heterocycles. The van der Waals surface area contributed by atoms with Gasteiger partial charge in [-0.15, -0.1) is 0 Å². The Labute approximate surface area is 733 Å². The molecule has 1 heterocycles. The second-order valence-corrected chi connectivity index (χ2v) is 30.8. The number of carbonyl (C=O) groups is 19. The number of rotatable bonds is 58. The molecular formula is C78H119N23O27. The number of phenols is 2. The number of hydrogen-bond acceptors (Lipinski definition) is 28. The first-order chi connectivity index (χ1) is 60.2. The molecule has 128 heavy (non-hydrogen) atoms. The van der Waals surface area contributed by atoms with Crippen LogP contribution in [0.15, 0.2) is 61.1 Å². The molecule has 3 aromatic rings. The SMILES string of the molecule is CC[C@H](C)[C@H](NC(=O)[C@H](CC(C)C)NC(=O)[C@H](CO)NC(=O)[C@H](CCC(N)=O)NC(=O)[C@H](CO)NC(=O)[C@H](CO)NC(=O)[C@@H](N)CCCNC(=N)N)C(=O)N[C@@H](Cc1ccc(O)cc1)C(=O)N[C@@H](CO)C(=O)N[C@@H](CC(=O)O)C(=O)NCC(=O)N[C@@H](CC(N)=O)C(=O)N[C@@H](C)C(=O)N[C@@H](Cc1ccc(O)cc1)C(=O)N[C@@H](CC(C)C)C(=O)N[C@@H](Cc1cnc[nH]1)C(=O)O. The summed E-state index contributed by atoms with van der Waals surface area (Å²) < 4.78 is 0. The molecule has 3 rings (SSSR count). The first kappa shape index (κ1) is 108. The smallest absolute Gasteiger partial charge is 0.326 e. The molecule has 0 aliphatic carbocycles. The quantitative estimate of drug-likeness (QED) is 0.0142. The van der Waals surface area contributed by atoms with Crippen molar-refractivity contribution in [1.82, 2.24) is 95.0 Å². The van der Waals surface area contributed by atoms with E-state index in [0.717, 1.165) is 6.92 Å². The molecule has 0 aliphatic rings. The lowest BCUT2D eigenvalue weighted by molar-refractivity contribution is -0.142. The molecule has 34 N–H and O–H groups in total. The van der Waals surface area contributed by atoms with Crippen molar-refractivity contribution in [2.75, 3.05) is 39.5 Å². The van der Waals surface area contributed by atoms with Crippen molar-refractivity contribution in [2.24, 2.45) is 40.7 Å². The van der Waals surface area contributed by atoms with Crippen molar-refractivity contribution in [2.45, 2.75) is 216 Å². The third-order valence-corrected chi connectivity index (χ3v) is 19.2. The van der Waals surface area contributed by atoms with E-state index in [1.807, 2.05) is 10.6 Å². The fourth-order valence-electron chi connectivity index (χ4n) is 12.1. The fraction of sp³-hybridized carbons (Fsp3) is 0.551. The van der Waals surface area contributed by atoms with Gasteiger partial charge in [-0.25, -0.2) is 9.78 Å². The van der Waals surface area contributed by atoms with Gasteiger partial charge in [0.15, 0.2) is 5.96 Å². The summed E-state index contributed by atoms with van der Waals surface area (Å²) in [7, 11) is 0. The highest BCUT2D eigenvalue weighted by atomic mass is 16.4. The van der Waals surface area contributed by atoms with Gasteiger partial charge in [-0.05, 0) is 92.2 Å². The number of carbonyl (C=O) groups excluding carboxylic acids is 17. The van der Waals surface area contributed by atoms with E-state index >= 15 is 0 Å². The second-order valence-electron chi connectivity index (χ2n) is 30.8. The van der Waals surface area contributed by atoms with E-state index in [1.54, 1.807) is 34.6 Å². The molecule has 50 nitrogen and oxygen atoms in total. The van der Waals surface area contributed by atoms with Gasteiger partial charge in [-0.2, -0.15) is 0 Å². The van der Waals surface area contributed by atoms with E-state index in [1.165, 1.54) is 68.0 Å². The number of carboxylic acids is 2. The number of carboxylic acid groups (broad SMARTS) is 2. The van der Waals surface area contributed by atoms with Crippen molar-refractivity contribution in [3.8, 4) is 11.5 Å². The van der Waals surface area contributed by atoms with Gasteiger partial charge in [0.2, 0.25) is 100 Å². The summed E-state index contributed by atoms with van der Waals surface area (Å²) in [5.74, 6) is -25.2. The molecule has 0 fully saturated rings. The Morgan fingerprint density at radius 1 is 0.422 bits per heavy atom. The molecular weight excluding hydrogens is 1690 g/mol. The molecule has 1 aromatic heterocycles. The van der Waals surface area contributed by atoms with Gasteiger partial charge in [0, 0.05) is 44.1 Å². The van der Waals surface area contributed by atoms with Gasteiger partial charge in [-0.1, -0.05) is 72.2 Å². The minimum atomic E-state index is -2.14. The van der Waals surface area contributed by atoms with E-state index in [0.29, 0.717) is 11.3 Å². The summed E-state index contributed by atoms with van der Waals surface area (Å²) in [5.41, 5.74) is 22.9. The number of aromatic amines is 1. The number of nitrogens with two attached hydrogens (primary N) is 4. The lowest BCUT2D eigenvalue weighted by atomic mass is 9.95. The average molecular weight is 1810 g/mol. The number of benzene rings is 2. The van der Waals surface area contributed by atoms with Crippen molar-refractivity contribution in [3.63, 3.8) is 0 Å². The molecule has 708 valence electrons. The highest BCUT2D eigenvalue weighted by Crippen LogP contribution is 2.18. The molecule has 2 aromatic carbocycles. The van der Waals surface area contributed by atoms with Crippen LogP contribution in [0.1, 0.15) is 123 Å². The second kappa shape index (κ2) is 54.9. The Bertz CT molecular complexity index is 4310. The number of primary amides is 2. The van der Waals surface area contributed by atoms with E-state index in [2.05, 4.69) is 84.4 Å². The van der Waals surface area contributed by atoms with Gasteiger partial charge in [0.1, 0.15) is 96.1 Å². The molecule has 0 aliphatic heterocycles. The zero-order chi connectivity index (χ0) is 96.4. The molecule has 0 spiro atoms. The predicted molar refractivity (Wildman–Crippen MR) is 448 cm³/mol. The van der Waals surface area contributed by atoms with Crippen LogP contribution in [0, 0.1) is 23.2 Å². The van der Waals surface area contributed by atoms with Crippen LogP contribution in [0.2, 0.25) is 0 Å². The van der Waals surface area contributed by atoms with E-state index in [4.69, 9.17) is 28.3 Å². The maximum Gasteiger partial charge on any atom is 0.326 e.